The molecule has 0 fully saturated rings. The summed E-state index contributed by atoms with van der Waals surface area (Å²) >= 11 is 0. The summed E-state index contributed by atoms with van der Waals surface area (Å²) in [6, 6.07) is 0. The lowest BCUT2D eigenvalue weighted by Gasteiger charge is -2.26. The number of hydrogen-bond donors (Lipinski definition) is 0. The van der Waals surface area contributed by atoms with Gasteiger partial charge in [-0.05, 0) is 89.9 Å². The fraction of sp³-hybridized carbons (Fsp3) is 0.798. The zero-order chi connectivity index (χ0) is 67.5. The molecule has 0 heterocycles. The zero-order valence-corrected chi connectivity index (χ0v) is 61.9. The summed E-state index contributed by atoms with van der Waals surface area (Å²) in [5, 5.41) is 11.9. The van der Waals surface area contributed by atoms with E-state index in [4.69, 9.17) is 18.9 Å². The van der Waals surface area contributed by atoms with Crippen LogP contribution in [0.1, 0.15) is 373 Å². The van der Waals surface area contributed by atoms with E-state index in [-0.39, 0.29) is 32.2 Å². The molecule has 93 heavy (non-hydrogen) atoms. The molecule has 0 aromatic heterocycles. The van der Waals surface area contributed by atoms with Crippen LogP contribution in [-0.2, 0) is 33.3 Å². The van der Waals surface area contributed by atoms with Crippen LogP contribution in [0.5, 0.6) is 0 Å². The van der Waals surface area contributed by atoms with Crippen LogP contribution in [0.3, 0.4) is 0 Å². The normalized spacial score (nSPS) is 13.1. The Balaban J connectivity index is 3.99. The number of carbonyl (C=O) groups excluding carboxylic acids is 3. The summed E-state index contributed by atoms with van der Waals surface area (Å²) in [5.74, 6) is -2.26. The highest BCUT2D eigenvalue weighted by Crippen LogP contribution is 2.19. The number of hydrogen-bond acceptors (Lipinski definition) is 8. The molecule has 2 unspecified atom stereocenters. The van der Waals surface area contributed by atoms with Crippen molar-refractivity contribution >= 4 is 17.9 Å². The van der Waals surface area contributed by atoms with E-state index in [0.29, 0.717) is 23.9 Å². The Morgan fingerprint density at radius 2 is 0.613 bits per heavy atom. The molecule has 0 bridgehead atoms. The predicted molar refractivity (Wildman–Crippen MR) is 398 cm³/mol. The Labute approximate surface area is 576 Å². The van der Waals surface area contributed by atoms with Crippen molar-refractivity contribution in [2.24, 2.45) is 0 Å². The SMILES string of the molecule is CC/C=C\C/C=C\C/C=C\C/C=C\C/C=C\C/C=C\CCCCCCCCCCCCCCCCCCCCCCC(=O)OC(COC(=O)CCCCCCCCCCCCCCCCCCC/C=C\CCCCCCCCCC)COC(OCC[N+](C)(C)C)C(=O)[O-]. The van der Waals surface area contributed by atoms with Gasteiger partial charge in [0.15, 0.2) is 12.4 Å². The number of carboxylic acid groups (broad SMARTS) is 1. The van der Waals surface area contributed by atoms with Gasteiger partial charge >= 0.3 is 11.9 Å². The Morgan fingerprint density at radius 3 is 0.925 bits per heavy atom. The van der Waals surface area contributed by atoms with Crippen molar-refractivity contribution in [3.8, 4) is 0 Å². The number of ether oxygens (including phenoxy) is 4. The number of carboxylic acids is 1. The first kappa shape index (κ1) is 89.5. The molecule has 9 nitrogen and oxygen atoms in total. The number of likely N-dealkylation sites (N-methyl/N-ethyl adjacent to an activating group) is 1. The summed E-state index contributed by atoms with van der Waals surface area (Å²) in [6.45, 7) is 4.69. The van der Waals surface area contributed by atoms with E-state index in [1.165, 1.54) is 270 Å². The average Bonchev–Trinajstić information content (AvgIpc) is 3.38. The fourth-order valence-corrected chi connectivity index (χ4v) is 11.6. The molecule has 0 aromatic rings. The van der Waals surface area contributed by atoms with Gasteiger partial charge in [-0.15, -0.1) is 0 Å². The standard InChI is InChI=1S/C84H151NO8/c1-6-8-10-12-14-16-18-20-22-24-26-28-30-32-34-36-37-38-39-40-41-42-43-44-45-47-49-51-53-55-57-59-61-63-65-67-69-71-73-75-82(87)93-80(79-92-84(83(88)89)90-77-76-85(3,4)5)78-91-81(86)74-72-70-68-66-64-62-60-58-56-54-52-50-48-46-35-33-31-29-27-25-23-21-19-17-15-13-11-9-7-2/h8,10,14,16,20,22,25-28,32,34,37-38,80,84H,6-7,9,11-13,15,17-19,21,23-24,29-31,33,35-36,39-79H2,1-5H3/b10-8-,16-14-,22-20-,27-25-,28-26-,34-32-,38-37-. The van der Waals surface area contributed by atoms with Crippen molar-refractivity contribution in [3.05, 3.63) is 85.1 Å². The summed E-state index contributed by atoms with van der Waals surface area (Å²) in [4.78, 5) is 37.6. The lowest BCUT2D eigenvalue weighted by atomic mass is 10.0. The third-order valence-corrected chi connectivity index (χ3v) is 17.6. The fourth-order valence-electron chi connectivity index (χ4n) is 11.6. The van der Waals surface area contributed by atoms with Crippen LogP contribution in [0.15, 0.2) is 85.1 Å². The number of unbranched alkanes of at least 4 members (excludes halogenated alkanes) is 45. The van der Waals surface area contributed by atoms with Crippen LogP contribution in [0.25, 0.3) is 0 Å². The Morgan fingerprint density at radius 1 is 0.333 bits per heavy atom. The number of allylic oxidation sites excluding steroid dienone is 14. The third kappa shape index (κ3) is 75.7. The first-order valence-electron chi connectivity index (χ1n) is 39.7. The molecule has 0 saturated heterocycles. The van der Waals surface area contributed by atoms with E-state index in [0.717, 1.165) is 70.6 Å². The lowest BCUT2D eigenvalue weighted by molar-refractivity contribution is -0.870. The van der Waals surface area contributed by atoms with Gasteiger partial charge in [0.05, 0.1) is 40.3 Å². The number of rotatable bonds is 74. The molecule has 9 heteroatoms. The van der Waals surface area contributed by atoms with E-state index in [1.807, 2.05) is 21.1 Å². The van der Waals surface area contributed by atoms with Gasteiger partial charge in [-0.25, -0.2) is 0 Å². The molecule has 0 aliphatic heterocycles. The van der Waals surface area contributed by atoms with Crippen LogP contribution < -0.4 is 5.11 Å². The maximum atomic E-state index is 13.0. The van der Waals surface area contributed by atoms with Gasteiger partial charge in [0.2, 0.25) is 0 Å². The minimum Gasteiger partial charge on any atom is -0.545 e. The van der Waals surface area contributed by atoms with E-state index in [9.17, 15) is 19.5 Å². The number of esters is 2. The Hall–Kier alpha value is -3.53. The van der Waals surface area contributed by atoms with Crippen molar-refractivity contribution in [1.29, 1.82) is 0 Å². The van der Waals surface area contributed by atoms with Crippen LogP contribution in [-0.4, -0.2) is 82.3 Å². The number of carbonyl (C=O) groups is 3. The van der Waals surface area contributed by atoms with Gasteiger partial charge in [0.25, 0.3) is 0 Å². The van der Waals surface area contributed by atoms with Crippen LogP contribution in [0.2, 0.25) is 0 Å². The van der Waals surface area contributed by atoms with E-state index in [1.54, 1.807) is 0 Å². The number of nitrogens with zero attached hydrogens (tertiary/aromatic N) is 1. The van der Waals surface area contributed by atoms with E-state index < -0.39 is 24.3 Å². The van der Waals surface area contributed by atoms with Gasteiger partial charge in [0.1, 0.15) is 13.2 Å². The van der Waals surface area contributed by atoms with Crippen molar-refractivity contribution < 1.29 is 42.9 Å². The third-order valence-electron chi connectivity index (χ3n) is 17.6. The van der Waals surface area contributed by atoms with Gasteiger partial charge in [-0.3, -0.25) is 9.59 Å². The molecule has 0 N–H and O–H groups in total. The van der Waals surface area contributed by atoms with Crippen LogP contribution in [0, 0.1) is 0 Å². The van der Waals surface area contributed by atoms with Crippen molar-refractivity contribution in [3.63, 3.8) is 0 Å². The number of aliphatic carboxylic acids is 1. The van der Waals surface area contributed by atoms with Crippen LogP contribution >= 0.6 is 0 Å². The molecule has 0 spiro atoms. The molecular formula is C84H151NO8. The molecular weight excluding hydrogens is 1150 g/mol. The highest BCUT2D eigenvalue weighted by molar-refractivity contribution is 5.70. The molecule has 0 aromatic carbocycles. The second kappa shape index (κ2) is 74.3. The Bertz CT molecular complexity index is 1810. The molecule has 0 rings (SSSR count). The summed E-state index contributed by atoms with van der Waals surface area (Å²) < 4.78 is 22.9. The van der Waals surface area contributed by atoms with Gasteiger partial charge in [-0.1, -0.05) is 356 Å². The summed E-state index contributed by atoms with van der Waals surface area (Å²) in [5.41, 5.74) is 0. The monoisotopic (exact) mass is 1300 g/mol. The maximum absolute atomic E-state index is 13.0. The molecule has 540 valence electrons. The largest absolute Gasteiger partial charge is 0.545 e. The van der Waals surface area contributed by atoms with Crippen LogP contribution in [0.4, 0.5) is 0 Å². The first-order valence-corrected chi connectivity index (χ1v) is 39.7. The minimum atomic E-state index is -1.62. The second-order valence-electron chi connectivity index (χ2n) is 28.0. The van der Waals surface area contributed by atoms with Gasteiger partial charge in [-0.2, -0.15) is 0 Å². The van der Waals surface area contributed by atoms with E-state index in [2.05, 4.69) is 98.9 Å². The van der Waals surface area contributed by atoms with Crippen molar-refractivity contribution in [1.82, 2.24) is 0 Å². The predicted octanol–water partition coefficient (Wildman–Crippen LogP) is 24.0. The second-order valence-corrected chi connectivity index (χ2v) is 28.0. The minimum absolute atomic E-state index is 0.149. The van der Waals surface area contributed by atoms with Gasteiger partial charge < -0.3 is 33.3 Å². The Kier molecular flexibility index (Phi) is 71.4. The smallest absolute Gasteiger partial charge is 0.306 e. The van der Waals surface area contributed by atoms with Crippen molar-refractivity contribution in [2.75, 3.05) is 47.5 Å². The molecule has 0 radical (unpaired) electrons. The highest BCUT2D eigenvalue weighted by Gasteiger charge is 2.22. The molecule has 0 aliphatic rings. The lowest BCUT2D eigenvalue weighted by Crippen LogP contribution is -2.44. The van der Waals surface area contributed by atoms with E-state index >= 15 is 0 Å². The number of quaternary nitrogens is 1. The molecule has 0 saturated carbocycles. The van der Waals surface area contributed by atoms with Crippen molar-refractivity contribution in [2.45, 2.75) is 386 Å². The van der Waals surface area contributed by atoms with Gasteiger partial charge in [0, 0.05) is 12.8 Å². The molecule has 0 aliphatic carbocycles. The highest BCUT2D eigenvalue weighted by atomic mass is 16.7. The summed E-state index contributed by atoms with van der Waals surface area (Å²) in [6.07, 6.45) is 98.5. The molecule has 0 amide bonds. The quantitative estimate of drug-likeness (QED) is 0.0195. The summed E-state index contributed by atoms with van der Waals surface area (Å²) in [7, 11) is 5.95. The first-order chi connectivity index (χ1) is 45.6. The topological polar surface area (TPSA) is 111 Å². The molecule has 2 atom stereocenters. The average molecular weight is 1300 g/mol. The zero-order valence-electron chi connectivity index (χ0n) is 61.9. The maximum Gasteiger partial charge on any atom is 0.306 e.